The van der Waals surface area contributed by atoms with Gasteiger partial charge in [-0.1, -0.05) is 55.7 Å². The zero-order valence-electron chi connectivity index (χ0n) is 17.0. The zero-order chi connectivity index (χ0) is 19.9. The Labute approximate surface area is 178 Å². The largest absolute Gasteiger partial charge is 0.445 e. The van der Waals surface area contributed by atoms with Crippen molar-refractivity contribution in [3.8, 4) is 0 Å². The van der Waals surface area contributed by atoms with Crippen molar-refractivity contribution in [2.24, 2.45) is 0 Å². The Hall–Kier alpha value is -2.01. The van der Waals surface area contributed by atoms with Gasteiger partial charge in [-0.2, -0.15) is 0 Å². The van der Waals surface area contributed by atoms with Crippen LogP contribution in [-0.2, 0) is 11.3 Å². The Morgan fingerprint density at radius 3 is 2.62 bits per heavy atom. The molecule has 0 radical (unpaired) electrons. The number of amides is 1. The number of rotatable bonds is 5. The van der Waals surface area contributed by atoms with E-state index in [9.17, 15) is 4.79 Å². The van der Waals surface area contributed by atoms with Crippen LogP contribution in [0, 0.1) is 0 Å². The lowest BCUT2D eigenvalue weighted by atomic mass is 9.97. The van der Waals surface area contributed by atoms with Crippen LogP contribution in [0.15, 0.2) is 53.7 Å². The smallest absolute Gasteiger partial charge is 0.410 e. The molecule has 0 unspecified atom stereocenters. The molecule has 154 valence electrons. The van der Waals surface area contributed by atoms with Crippen LogP contribution in [0.1, 0.15) is 68.5 Å². The summed E-state index contributed by atoms with van der Waals surface area (Å²) in [5.74, 6) is 0. The highest BCUT2D eigenvalue weighted by atomic mass is 32.2. The molecule has 1 saturated heterocycles. The van der Waals surface area contributed by atoms with Gasteiger partial charge in [-0.05, 0) is 43.7 Å². The maximum atomic E-state index is 12.9. The normalized spacial score (nSPS) is 20.4. The number of carbonyl (C=O) groups excluding carboxylic acids is 1. The fourth-order valence-corrected chi connectivity index (χ4v) is 5.72. The topological polar surface area (TPSA) is 42.4 Å². The van der Waals surface area contributed by atoms with Gasteiger partial charge in [0.05, 0.1) is 6.04 Å². The van der Waals surface area contributed by atoms with E-state index in [1.54, 1.807) is 0 Å². The minimum absolute atomic E-state index is 0.0619. The molecule has 4 nitrogen and oxygen atoms in total. The van der Waals surface area contributed by atoms with Gasteiger partial charge in [-0.25, -0.2) is 9.78 Å². The van der Waals surface area contributed by atoms with Crippen LogP contribution in [0.5, 0.6) is 0 Å². The first kappa shape index (κ1) is 20.3. The average Bonchev–Trinajstić information content (AvgIpc) is 2.79. The third-order valence-corrected chi connectivity index (χ3v) is 7.30. The summed E-state index contributed by atoms with van der Waals surface area (Å²) >= 11 is 1.92. The fraction of sp³-hybridized carbons (Fsp3) is 0.500. The first-order chi connectivity index (χ1) is 14.3. The van der Waals surface area contributed by atoms with E-state index in [1.165, 1.54) is 37.7 Å². The van der Waals surface area contributed by atoms with E-state index in [0.717, 1.165) is 36.4 Å². The van der Waals surface area contributed by atoms with Gasteiger partial charge in [0.15, 0.2) is 0 Å². The summed E-state index contributed by atoms with van der Waals surface area (Å²) in [4.78, 5) is 19.6. The summed E-state index contributed by atoms with van der Waals surface area (Å²) in [6, 6.07) is 14.1. The first-order valence-electron chi connectivity index (χ1n) is 10.9. The molecule has 2 heterocycles. The van der Waals surface area contributed by atoms with Gasteiger partial charge in [0.2, 0.25) is 0 Å². The lowest BCUT2D eigenvalue weighted by Crippen LogP contribution is -2.39. The molecule has 0 bridgehead atoms. The van der Waals surface area contributed by atoms with Crippen molar-refractivity contribution in [1.82, 2.24) is 9.88 Å². The molecule has 1 aliphatic heterocycles. The van der Waals surface area contributed by atoms with Crippen LogP contribution in [0.3, 0.4) is 0 Å². The van der Waals surface area contributed by atoms with Gasteiger partial charge < -0.3 is 9.64 Å². The van der Waals surface area contributed by atoms with E-state index in [4.69, 9.17) is 9.72 Å². The number of hydrogen-bond acceptors (Lipinski definition) is 4. The number of carbonyl (C=O) groups is 1. The molecule has 1 aromatic heterocycles. The van der Waals surface area contributed by atoms with Gasteiger partial charge in [0, 0.05) is 23.6 Å². The van der Waals surface area contributed by atoms with Crippen LogP contribution in [0.4, 0.5) is 4.79 Å². The van der Waals surface area contributed by atoms with Gasteiger partial charge in [-0.3, -0.25) is 0 Å². The van der Waals surface area contributed by atoms with Gasteiger partial charge in [0.25, 0.3) is 0 Å². The van der Waals surface area contributed by atoms with Crippen molar-refractivity contribution in [2.75, 3.05) is 6.54 Å². The fourth-order valence-electron chi connectivity index (χ4n) is 4.37. The van der Waals surface area contributed by atoms with Crippen LogP contribution in [0.2, 0.25) is 0 Å². The highest BCUT2D eigenvalue weighted by molar-refractivity contribution is 7.99. The number of likely N-dealkylation sites (tertiary alicyclic amines) is 1. The van der Waals surface area contributed by atoms with E-state index in [0.29, 0.717) is 11.9 Å². The SMILES string of the molecule is O=C(OCc1ccccc1)N1CCCC[C@@H]1c1cccnc1SC1CCCCC1. The molecule has 1 aromatic carbocycles. The summed E-state index contributed by atoms with van der Waals surface area (Å²) in [6.45, 7) is 1.07. The molecule has 2 fully saturated rings. The molecule has 4 rings (SSSR count). The molecule has 5 heteroatoms. The molecule has 1 aliphatic carbocycles. The van der Waals surface area contributed by atoms with Gasteiger partial charge in [0.1, 0.15) is 11.6 Å². The van der Waals surface area contributed by atoms with Gasteiger partial charge >= 0.3 is 6.09 Å². The summed E-state index contributed by atoms with van der Waals surface area (Å²) < 4.78 is 5.67. The van der Waals surface area contributed by atoms with E-state index < -0.39 is 0 Å². The number of benzene rings is 1. The van der Waals surface area contributed by atoms with E-state index >= 15 is 0 Å². The van der Waals surface area contributed by atoms with Crippen molar-refractivity contribution in [2.45, 2.75) is 74.3 Å². The van der Waals surface area contributed by atoms with Crippen molar-refractivity contribution < 1.29 is 9.53 Å². The first-order valence-corrected chi connectivity index (χ1v) is 11.8. The molecule has 0 N–H and O–H groups in total. The Morgan fingerprint density at radius 1 is 1.00 bits per heavy atom. The average molecular weight is 411 g/mol. The number of piperidine rings is 1. The predicted octanol–water partition coefficient (Wildman–Crippen LogP) is 6.37. The molecular formula is C24H30N2O2S. The second kappa shape index (κ2) is 10.1. The summed E-state index contributed by atoms with van der Waals surface area (Å²) in [5, 5.41) is 1.76. The van der Waals surface area contributed by atoms with Crippen molar-refractivity contribution in [1.29, 1.82) is 0 Å². The quantitative estimate of drug-likeness (QED) is 0.574. The highest BCUT2D eigenvalue weighted by Crippen LogP contribution is 2.40. The van der Waals surface area contributed by atoms with Crippen molar-refractivity contribution in [3.05, 3.63) is 59.8 Å². The molecule has 1 amide bonds. The third-order valence-electron chi connectivity index (χ3n) is 5.93. The number of hydrogen-bond donors (Lipinski definition) is 0. The lowest BCUT2D eigenvalue weighted by molar-refractivity contribution is 0.0672. The second-order valence-electron chi connectivity index (χ2n) is 8.02. The third kappa shape index (κ3) is 5.33. The molecule has 1 atom stereocenters. The Morgan fingerprint density at radius 2 is 1.79 bits per heavy atom. The molecular weight excluding hydrogens is 380 g/mol. The second-order valence-corrected chi connectivity index (χ2v) is 9.31. The summed E-state index contributed by atoms with van der Waals surface area (Å²) in [5.41, 5.74) is 2.21. The standard InChI is InChI=1S/C24H30N2O2S/c27-24(28-18-19-10-3-1-4-11-19)26-17-8-7-15-22(26)21-14-9-16-25-23(21)29-20-12-5-2-6-13-20/h1,3-4,9-11,14,16,20,22H,2,5-8,12-13,15,17-18H2/t22-/m1/s1. The maximum Gasteiger partial charge on any atom is 0.410 e. The zero-order valence-corrected chi connectivity index (χ0v) is 17.8. The molecule has 29 heavy (non-hydrogen) atoms. The van der Waals surface area contributed by atoms with Crippen LogP contribution in [-0.4, -0.2) is 27.8 Å². The number of ether oxygens (including phenoxy) is 1. The van der Waals surface area contributed by atoms with Crippen LogP contribution >= 0.6 is 11.8 Å². The number of thioether (sulfide) groups is 1. The van der Waals surface area contributed by atoms with Crippen LogP contribution in [0.25, 0.3) is 0 Å². The Bertz CT molecular complexity index is 792. The molecule has 0 spiro atoms. The van der Waals surface area contributed by atoms with Crippen molar-refractivity contribution >= 4 is 17.9 Å². The summed E-state index contributed by atoms with van der Waals surface area (Å²) in [7, 11) is 0. The lowest BCUT2D eigenvalue weighted by Gasteiger charge is -2.36. The van der Waals surface area contributed by atoms with E-state index in [-0.39, 0.29) is 12.1 Å². The predicted molar refractivity (Wildman–Crippen MR) is 117 cm³/mol. The minimum Gasteiger partial charge on any atom is -0.445 e. The highest BCUT2D eigenvalue weighted by Gasteiger charge is 2.31. The van der Waals surface area contributed by atoms with E-state index in [2.05, 4.69) is 6.07 Å². The Balaban J connectivity index is 1.47. The monoisotopic (exact) mass is 410 g/mol. The van der Waals surface area contributed by atoms with Crippen LogP contribution < -0.4 is 0 Å². The molecule has 1 saturated carbocycles. The minimum atomic E-state index is -0.212. The van der Waals surface area contributed by atoms with E-state index in [1.807, 2.05) is 59.3 Å². The maximum absolute atomic E-state index is 12.9. The number of pyridine rings is 1. The molecule has 2 aliphatic rings. The van der Waals surface area contributed by atoms with Gasteiger partial charge in [-0.15, -0.1) is 11.8 Å². The number of aromatic nitrogens is 1. The number of nitrogens with zero attached hydrogens (tertiary/aromatic N) is 2. The molecule has 2 aromatic rings. The Kier molecular flexibility index (Phi) is 7.09. The summed E-state index contributed by atoms with van der Waals surface area (Å²) in [6.07, 6.45) is 11.4. The van der Waals surface area contributed by atoms with Crippen molar-refractivity contribution in [3.63, 3.8) is 0 Å².